The predicted molar refractivity (Wildman–Crippen MR) is 45.8 cm³/mol. The van der Waals surface area contributed by atoms with E-state index in [0.29, 0.717) is 5.41 Å². The van der Waals surface area contributed by atoms with Crippen molar-refractivity contribution in [2.45, 2.75) is 32.6 Å². The zero-order valence-electron chi connectivity index (χ0n) is 7.34. The third kappa shape index (κ3) is 1.30. The molecular formula is C9H18N2. The van der Waals surface area contributed by atoms with Crippen LogP contribution in [0.1, 0.15) is 32.6 Å². The van der Waals surface area contributed by atoms with E-state index in [-0.39, 0.29) is 0 Å². The van der Waals surface area contributed by atoms with Crippen LogP contribution < -0.4 is 5.84 Å². The highest BCUT2D eigenvalue weighted by Gasteiger charge is 2.43. The maximum Gasteiger partial charge on any atom is 0.0185 e. The first-order valence-electron chi connectivity index (χ1n) is 4.70. The second kappa shape index (κ2) is 2.46. The molecule has 0 aromatic rings. The first kappa shape index (κ1) is 7.56. The van der Waals surface area contributed by atoms with E-state index in [2.05, 4.69) is 6.92 Å². The van der Waals surface area contributed by atoms with E-state index in [0.717, 1.165) is 19.0 Å². The van der Waals surface area contributed by atoms with Crippen LogP contribution in [0.25, 0.3) is 0 Å². The third-order valence-corrected chi connectivity index (χ3v) is 3.25. The Morgan fingerprint density at radius 2 is 2.18 bits per heavy atom. The average Bonchev–Trinajstić information content (AvgIpc) is 1.84. The summed E-state index contributed by atoms with van der Waals surface area (Å²) in [5.74, 6) is 6.76. The number of rotatable bonds is 0. The lowest BCUT2D eigenvalue weighted by Crippen LogP contribution is -2.52. The summed E-state index contributed by atoms with van der Waals surface area (Å²) in [7, 11) is 0. The summed E-state index contributed by atoms with van der Waals surface area (Å²) < 4.78 is 0. The Kier molecular flexibility index (Phi) is 1.69. The van der Waals surface area contributed by atoms with Crippen molar-refractivity contribution in [1.82, 2.24) is 5.01 Å². The van der Waals surface area contributed by atoms with Gasteiger partial charge in [0.05, 0.1) is 0 Å². The van der Waals surface area contributed by atoms with Gasteiger partial charge in [-0.2, -0.15) is 0 Å². The van der Waals surface area contributed by atoms with Crippen molar-refractivity contribution < 1.29 is 0 Å². The molecule has 1 aliphatic carbocycles. The van der Waals surface area contributed by atoms with Gasteiger partial charge in [0.25, 0.3) is 0 Å². The molecule has 2 fully saturated rings. The fourth-order valence-corrected chi connectivity index (χ4v) is 3.00. The van der Waals surface area contributed by atoms with Gasteiger partial charge in [0.15, 0.2) is 0 Å². The molecule has 64 valence electrons. The minimum absolute atomic E-state index is 0.645. The standard InChI is InChI=1S/C9H18N2/c1-8-5-9(6-8)3-2-4-11(10)7-9/h8H,2-7,10H2,1H3. The topological polar surface area (TPSA) is 29.3 Å². The van der Waals surface area contributed by atoms with Crippen LogP contribution in [0.3, 0.4) is 0 Å². The van der Waals surface area contributed by atoms with E-state index in [4.69, 9.17) is 5.84 Å². The van der Waals surface area contributed by atoms with E-state index in [9.17, 15) is 0 Å². The van der Waals surface area contributed by atoms with Gasteiger partial charge < -0.3 is 0 Å². The number of piperidine rings is 1. The third-order valence-electron chi connectivity index (χ3n) is 3.25. The predicted octanol–water partition coefficient (Wildman–Crippen LogP) is 1.37. The van der Waals surface area contributed by atoms with Crippen molar-refractivity contribution in [1.29, 1.82) is 0 Å². The largest absolute Gasteiger partial charge is 0.269 e. The fourth-order valence-electron chi connectivity index (χ4n) is 3.00. The van der Waals surface area contributed by atoms with E-state index >= 15 is 0 Å². The van der Waals surface area contributed by atoms with Gasteiger partial charge in [-0.05, 0) is 37.0 Å². The molecule has 1 aliphatic heterocycles. The highest BCUT2D eigenvalue weighted by molar-refractivity contribution is 4.95. The number of hydrogen-bond donors (Lipinski definition) is 1. The van der Waals surface area contributed by atoms with Gasteiger partial charge >= 0.3 is 0 Å². The molecule has 1 saturated heterocycles. The Bertz CT molecular complexity index is 144. The smallest absolute Gasteiger partial charge is 0.0185 e. The Morgan fingerprint density at radius 1 is 1.45 bits per heavy atom. The van der Waals surface area contributed by atoms with Gasteiger partial charge in [-0.3, -0.25) is 5.84 Å². The van der Waals surface area contributed by atoms with Crippen LogP contribution >= 0.6 is 0 Å². The van der Waals surface area contributed by atoms with E-state index in [1.807, 2.05) is 5.01 Å². The van der Waals surface area contributed by atoms with E-state index in [1.165, 1.54) is 25.7 Å². The molecule has 1 saturated carbocycles. The van der Waals surface area contributed by atoms with Gasteiger partial charge in [-0.1, -0.05) is 6.92 Å². The van der Waals surface area contributed by atoms with Crippen molar-refractivity contribution >= 4 is 0 Å². The lowest BCUT2D eigenvalue weighted by atomic mass is 9.59. The van der Waals surface area contributed by atoms with Crippen LogP contribution in [-0.4, -0.2) is 18.1 Å². The molecule has 0 atom stereocenters. The molecule has 2 nitrogen and oxygen atoms in total. The van der Waals surface area contributed by atoms with Crippen molar-refractivity contribution in [2.75, 3.05) is 13.1 Å². The van der Waals surface area contributed by atoms with Crippen molar-refractivity contribution in [2.24, 2.45) is 17.2 Å². The summed E-state index contributed by atoms with van der Waals surface area (Å²) >= 11 is 0. The van der Waals surface area contributed by atoms with Gasteiger partial charge in [-0.15, -0.1) is 0 Å². The second-order valence-electron chi connectivity index (χ2n) is 4.59. The summed E-state index contributed by atoms with van der Waals surface area (Å²) in [6.07, 6.45) is 5.57. The molecule has 2 heteroatoms. The number of nitrogens with zero attached hydrogens (tertiary/aromatic N) is 1. The Balaban J connectivity index is 1.93. The van der Waals surface area contributed by atoms with Crippen molar-refractivity contribution in [3.05, 3.63) is 0 Å². The number of hydrogen-bond acceptors (Lipinski definition) is 2. The summed E-state index contributed by atoms with van der Waals surface area (Å²) in [5, 5.41) is 2.01. The van der Waals surface area contributed by atoms with Crippen LogP contribution in [0.4, 0.5) is 0 Å². The molecule has 1 spiro atoms. The van der Waals surface area contributed by atoms with Gasteiger partial charge in [0.2, 0.25) is 0 Å². The minimum atomic E-state index is 0.645. The molecule has 0 aromatic carbocycles. The molecule has 0 unspecified atom stereocenters. The molecule has 0 radical (unpaired) electrons. The Labute approximate surface area is 68.7 Å². The quantitative estimate of drug-likeness (QED) is 0.534. The van der Waals surface area contributed by atoms with Crippen LogP contribution in [-0.2, 0) is 0 Å². The number of hydrazine groups is 1. The summed E-state index contributed by atoms with van der Waals surface area (Å²) in [5.41, 5.74) is 0.645. The molecular weight excluding hydrogens is 136 g/mol. The molecule has 2 rings (SSSR count). The lowest BCUT2D eigenvalue weighted by Gasteiger charge is -2.51. The minimum Gasteiger partial charge on any atom is -0.269 e. The van der Waals surface area contributed by atoms with Gasteiger partial charge in [-0.25, -0.2) is 5.01 Å². The first-order chi connectivity index (χ1) is 5.20. The van der Waals surface area contributed by atoms with E-state index < -0.39 is 0 Å². The Morgan fingerprint density at radius 3 is 2.73 bits per heavy atom. The normalized spacial score (nSPS) is 45.8. The first-order valence-corrected chi connectivity index (χ1v) is 4.70. The summed E-state index contributed by atoms with van der Waals surface area (Å²) in [4.78, 5) is 0. The van der Waals surface area contributed by atoms with Crippen LogP contribution in [0, 0.1) is 11.3 Å². The molecule has 2 aliphatic rings. The maximum atomic E-state index is 5.80. The fraction of sp³-hybridized carbons (Fsp3) is 1.00. The summed E-state index contributed by atoms with van der Waals surface area (Å²) in [6, 6.07) is 0. The van der Waals surface area contributed by atoms with Crippen molar-refractivity contribution in [3.8, 4) is 0 Å². The van der Waals surface area contributed by atoms with Gasteiger partial charge in [0.1, 0.15) is 0 Å². The molecule has 2 N–H and O–H groups in total. The lowest BCUT2D eigenvalue weighted by molar-refractivity contribution is -0.0170. The average molecular weight is 154 g/mol. The van der Waals surface area contributed by atoms with Crippen LogP contribution in [0.5, 0.6) is 0 Å². The maximum absolute atomic E-state index is 5.80. The van der Waals surface area contributed by atoms with Crippen LogP contribution in [0.2, 0.25) is 0 Å². The Hall–Kier alpha value is -0.0800. The second-order valence-corrected chi connectivity index (χ2v) is 4.59. The van der Waals surface area contributed by atoms with Crippen LogP contribution in [0.15, 0.2) is 0 Å². The molecule has 11 heavy (non-hydrogen) atoms. The monoisotopic (exact) mass is 154 g/mol. The zero-order valence-corrected chi connectivity index (χ0v) is 7.34. The molecule has 0 aromatic heterocycles. The van der Waals surface area contributed by atoms with E-state index in [1.54, 1.807) is 0 Å². The van der Waals surface area contributed by atoms with Gasteiger partial charge in [0, 0.05) is 13.1 Å². The molecule has 1 heterocycles. The number of nitrogens with two attached hydrogens (primary N) is 1. The highest BCUT2D eigenvalue weighted by atomic mass is 15.4. The SMILES string of the molecule is CC1CC2(CCCN(N)C2)C1. The highest BCUT2D eigenvalue weighted by Crippen LogP contribution is 2.50. The summed E-state index contributed by atoms with van der Waals surface area (Å²) in [6.45, 7) is 4.61. The molecule has 0 amide bonds. The molecule has 0 bridgehead atoms. The van der Waals surface area contributed by atoms with Crippen molar-refractivity contribution in [3.63, 3.8) is 0 Å². The zero-order chi connectivity index (χ0) is 7.90.